The van der Waals surface area contributed by atoms with Gasteiger partial charge >= 0.3 is 0 Å². The molecule has 0 radical (unpaired) electrons. The van der Waals surface area contributed by atoms with Gasteiger partial charge in [0.15, 0.2) is 6.10 Å². The molecule has 5 heteroatoms. The van der Waals surface area contributed by atoms with Crippen molar-refractivity contribution in [2.24, 2.45) is 0 Å². The molecule has 1 fully saturated rings. The lowest BCUT2D eigenvalue weighted by Crippen LogP contribution is -2.48. The van der Waals surface area contributed by atoms with E-state index in [2.05, 4.69) is 10.3 Å². The molecule has 0 bridgehead atoms. The summed E-state index contributed by atoms with van der Waals surface area (Å²) in [4.78, 5) is 17.5. The molecular weight excluding hydrogens is 206 g/mol. The summed E-state index contributed by atoms with van der Waals surface area (Å²) in [5.41, 5.74) is 0.547. The standard InChI is InChI=1S/C11H15N3O2/c15-10(9-2-1-3-13-8-9)11(16)14-6-4-12-5-7-14/h1-3,8,10,12,15H,4-7H2. The minimum absolute atomic E-state index is 0.241. The van der Waals surface area contributed by atoms with Crippen LogP contribution in [0.5, 0.6) is 0 Å². The average molecular weight is 221 g/mol. The molecule has 1 unspecified atom stereocenters. The molecule has 1 aromatic rings. The van der Waals surface area contributed by atoms with Crippen molar-refractivity contribution >= 4 is 5.91 Å². The third-order valence-electron chi connectivity index (χ3n) is 2.66. The maximum absolute atomic E-state index is 11.9. The van der Waals surface area contributed by atoms with Gasteiger partial charge in [-0.2, -0.15) is 0 Å². The van der Waals surface area contributed by atoms with Crippen LogP contribution in [0.15, 0.2) is 24.5 Å². The predicted octanol–water partition coefficient (Wildman–Crippen LogP) is -0.453. The topological polar surface area (TPSA) is 65.5 Å². The Morgan fingerprint density at radius 3 is 2.88 bits per heavy atom. The Hall–Kier alpha value is -1.46. The summed E-state index contributed by atoms with van der Waals surface area (Å²) in [5, 5.41) is 13.1. The number of nitrogens with zero attached hydrogens (tertiary/aromatic N) is 2. The molecule has 1 aromatic heterocycles. The van der Waals surface area contributed by atoms with E-state index in [0.29, 0.717) is 18.7 Å². The second-order valence-corrected chi connectivity index (χ2v) is 3.76. The van der Waals surface area contributed by atoms with Crippen LogP contribution in [0.25, 0.3) is 0 Å². The van der Waals surface area contributed by atoms with Gasteiger partial charge in [0.05, 0.1) is 0 Å². The van der Waals surface area contributed by atoms with Gasteiger partial charge in [-0.3, -0.25) is 9.78 Å². The lowest BCUT2D eigenvalue weighted by Gasteiger charge is -2.29. The largest absolute Gasteiger partial charge is 0.378 e. The molecule has 5 nitrogen and oxygen atoms in total. The fourth-order valence-electron chi connectivity index (χ4n) is 1.74. The van der Waals surface area contributed by atoms with Gasteiger partial charge in [-0.25, -0.2) is 0 Å². The third-order valence-corrected chi connectivity index (χ3v) is 2.66. The minimum Gasteiger partial charge on any atom is -0.378 e. The van der Waals surface area contributed by atoms with E-state index in [4.69, 9.17) is 0 Å². The van der Waals surface area contributed by atoms with Gasteiger partial charge in [0, 0.05) is 44.1 Å². The zero-order valence-corrected chi connectivity index (χ0v) is 8.97. The van der Waals surface area contributed by atoms with E-state index < -0.39 is 6.10 Å². The number of carbonyl (C=O) groups is 1. The fourth-order valence-corrected chi connectivity index (χ4v) is 1.74. The Labute approximate surface area is 94.1 Å². The van der Waals surface area contributed by atoms with Crippen molar-refractivity contribution < 1.29 is 9.90 Å². The van der Waals surface area contributed by atoms with Crippen molar-refractivity contribution in [2.45, 2.75) is 6.10 Å². The number of amides is 1. The van der Waals surface area contributed by atoms with Gasteiger partial charge in [-0.05, 0) is 6.07 Å². The Morgan fingerprint density at radius 1 is 1.50 bits per heavy atom. The highest BCUT2D eigenvalue weighted by molar-refractivity contribution is 5.82. The highest BCUT2D eigenvalue weighted by atomic mass is 16.3. The summed E-state index contributed by atoms with van der Waals surface area (Å²) < 4.78 is 0. The van der Waals surface area contributed by atoms with Crippen molar-refractivity contribution in [3.8, 4) is 0 Å². The van der Waals surface area contributed by atoms with Crippen LogP contribution in [-0.2, 0) is 4.79 Å². The molecule has 2 heterocycles. The molecule has 0 aliphatic carbocycles. The Kier molecular flexibility index (Phi) is 3.48. The molecule has 0 aromatic carbocycles. The number of aromatic nitrogens is 1. The molecule has 0 saturated carbocycles. The van der Waals surface area contributed by atoms with E-state index in [1.54, 1.807) is 23.2 Å². The Balaban J connectivity index is 2.04. The SMILES string of the molecule is O=C(C(O)c1cccnc1)N1CCNCC1. The predicted molar refractivity (Wildman–Crippen MR) is 58.6 cm³/mol. The fraction of sp³-hybridized carbons (Fsp3) is 0.455. The van der Waals surface area contributed by atoms with Crippen LogP contribution < -0.4 is 5.32 Å². The van der Waals surface area contributed by atoms with E-state index in [0.717, 1.165) is 13.1 Å². The number of carbonyl (C=O) groups excluding carboxylic acids is 1. The van der Waals surface area contributed by atoms with Crippen LogP contribution in [-0.4, -0.2) is 47.1 Å². The van der Waals surface area contributed by atoms with Crippen LogP contribution in [0, 0.1) is 0 Å². The monoisotopic (exact) mass is 221 g/mol. The normalized spacial score (nSPS) is 18.2. The smallest absolute Gasteiger partial charge is 0.256 e. The summed E-state index contributed by atoms with van der Waals surface area (Å²) >= 11 is 0. The molecule has 86 valence electrons. The van der Waals surface area contributed by atoms with Gasteiger partial charge in [0.25, 0.3) is 5.91 Å². The van der Waals surface area contributed by atoms with E-state index in [1.807, 2.05) is 0 Å². The molecule has 1 aliphatic heterocycles. The summed E-state index contributed by atoms with van der Waals surface area (Å²) in [6.45, 7) is 2.86. The molecule has 1 atom stereocenters. The number of hydrogen-bond acceptors (Lipinski definition) is 4. The average Bonchev–Trinajstić information content (AvgIpc) is 2.39. The number of piperazine rings is 1. The van der Waals surface area contributed by atoms with Gasteiger partial charge in [-0.1, -0.05) is 6.07 Å². The maximum Gasteiger partial charge on any atom is 0.256 e. The number of pyridine rings is 1. The van der Waals surface area contributed by atoms with Crippen LogP contribution >= 0.6 is 0 Å². The summed E-state index contributed by atoms with van der Waals surface area (Å²) in [6, 6.07) is 3.42. The van der Waals surface area contributed by atoms with Gasteiger partial charge in [0.1, 0.15) is 0 Å². The maximum atomic E-state index is 11.9. The number of rotatable bonds is 2. The molecule has 2 rings (SSSR count). The van der Waals surface area contributed by atoms with Crippen LogP contribution in [0.4, 0.5) is 0 Å². The highest BCUT2D eigenvalue weighted by Gasteiger charge is 2.24. The molecule has 0 spiro atoms. The van der Waals surface area contributed by atoms with Crippen molar-refractivity contribution in [2.75, 3.05) is 26.2 Å². The molecule has 16 heavy (non-hydrogen) atoms. The van der Waals surface area contributed by atoms with Crippen molar-refractivity contribution in [3.63, 3.8) is 0 Å². The summed E-state index contributed by atoms with van der Waals surface area (Å²) in [7, 11) is 0. The van der Waals surface area contributed by atoms with Gasteiger partial charge in [0.2, 0.25) is 0 Å². The lowest BCUT2D eigenvalue weighted by atomic mass is 10.1. The highest BCUT2D eigenvalue weighted by Crippen LogP contribution is 2.14. The van der Waals surface area contributed by atoms with Gasteiger partial charge in [-0.15, -0.1) is 0 Å². The Morgan fingerprint density at radius 2 is 2.25 bits per heavy atom. The van der Waals surface area contributed by atoms with E-state index in [-0.39, 0.29) is 5.91 Å². The minimum atomic E-state index is -1.09. The first-order chi connectivity index (χ1) is 7.79. The van der Waals surface area contributed by atoms with Crippen LogP contribution in [0.1, 0.15) is 11.7 Å². The number of hydrogen-bond donors (Lipinski definition) is 2. The quantitative estimate of drug-likeness (QED) is 0.709. The first-order valence-corrected chi connectivity index (χ1v) is 5.36. The molecule has 1 amide bonds. The molecule has 1 saturated heterocycles. The van der Waals surface area contributed by atoms with E-state index in [9.17, 15) is 9.90 Å². The second-order valence-electron chi connectivity index (χ2n) is 3.76. The summed E-state index contributed by atoms with van der Waals surface area (Å²) in [6.07, 6.45) is 2.04. The lowest BCUT2D eigenvalue weighted by molar-refractivity contribution is -0.141. The van der Waals surface area contributed by atoms with E-state index >= 15 is 0 Å². The van der Waals surface area contributed by atoms with Crippen LogP contribution in [0.3, 0.4) is 0 Å². The molecule has 1 aliphatic rings. The molecular formula is C11H15N3O2. The van der Waals surface area contributed by atoms with Crippen molar-refractivity contribution in [3.05, 3.63) is 30.1 Å². The Bertz CT molecular complexity index is 350. The summed E-state index contributed by atoms with van der Waals surface area (Å²) in [5.74, 6) is -0.241. The zero-order valence-electron chi connectivity index (χ0n) is 8.97. The first kappa shape index (κ1) is 11.0. The first-order valence-electron chi connectivity index (χ1n) is 5.36. The van der Waals surface area contributed by atoms with E-state index in [1.165, 1.54) is 6.20 Å². The van der Waals surface area contributed by atoms with Crippen LogP contribution in [0.2, 0.25) is 0 Å². The molecule has 2 N–H and O–H groups in total. The van der Waals surface area contributed by atoms with Crippen molar-refractivity contribution in [1.82, 2.24) is 15.2 Å². The number of nitrogens with one attached hydrogen (secondary N) is 1. The van der Waals surface area contributed by atoms with Gasteiger partial charge < -0.3 is 15.3 Å². The number of aliphatic hydroxyl groups excluding tert-OH is 1. The second kappa shape index (κ2) is 5.05. The zero-order chi connectivity index (χ0) is 11.4. The number of aliphatic hydroxyl groups is 1. The van der Waals surface area contributed by atoms with Crippen molar-refractivity contribution in [1.29, 1.82) is 0 Å². The third kappa shape index (κ3) is 2.37.